The molecule has 0 saturated carbocycles. The van der Waals surface area contributed by atoms with Crippen LogP contribution in [0.4, 0.5) is 8.78 Å². The maximum absolute atomic E-state index is 14.2. The maximum Gasteiger partial charge on any atom is 0.0465 e. The first-order chi connectivity index (χ1) is 8.82. The smallest absolute Gasteiger partial charge is 0.0465 e. The molecule has 0 N–H and O–H groups in total. The summed E-state index contributed by atoms with van der Waals surface area (Å²) in [6, 6.07) is 4.58. The van der Waals surface area contributed by atoms with Gasteiger partial charge >= 0.3 is 0 Å². The third kappa shape index (κ3) is 3.56. The summed E-state index contributed by atoms with van der Waals surface area (Å²) in [5, 5.41) is 0. The second-order valence-electron chi connectivity index (χ2n) is 4.91. The van der Waals surface area contributed by atoms with Crippen LogP contribution in [0.25, 0.3) is 11.3 Å². The zero-order chi connectivity index (χ0) is 14.3. The fourth-order valence-electron chi connectivity index (χ4n) is 2.06. The van der Waals surface area contributed by atoms with E-state index in [-0.39, 0.29) is 38.7 Å². The molecule has 0 atom stereocenters. The summed E-state index contributed by atoms with van der Waals surface area (Å²) in [6.07, 6.45) is 0. The predicted octanol–water partition coefficient (Wildman–Crippen LogP) is 4.82. The fourth-order valence-corrected chi connectivity index (χ4v) is 2.06. The normalized spacial score (nSPS) is 9.86. The van der Waals surface area contributed by atoms with E-state index < -0.39 is 11.6 Å². The Kier molecular flexibility index (Phi) is 6.85. The molecular formula is C17H19F2IrN-2. The Morgan fingerprint density at radius 2 is 1.52 bits per heavy atom. The zero-order valence-corrected chi connectivity index (χ0v) is 15.5. The molecular weight excluding hydrogens is 448 g/mol. The van der Waals surface area contributed by atoms with E-state index in [9.17, 15) is 8.78 Å². The van der Waals surface area contributed by atoms with Crippen LogP contribution in [0, 0.1) is 59.7 Å². The van der Waals surface area contributed by atoms with Gasteiger partial charge in [0.15, 0.2) is 0 Å². The van der Waals surface area contributed by atoms with E-state index in [1.165, 1.54) is 6.92 Å². The maximum atomic E-state index is 14.2. The molecule has 2 aromatic rings. The summed E-state index contributed by atoms with van der Waals surface area (Å²) < 4.78 is 27.8. The van der Waals surface area contributed by atoms with Gasteiger partial charge in [0.05, 0.1) is 0 Å². The topological polar surface area (TPSA) is 12.9 Å². The standard InChI is InChI=1S/C16H16F2N.CH3.Ir/c1-8-7-14(19-12(5)10(8)3)13-6-9(2)15(17)11(4)16(13)18;;/h7H,1-5H3;1H3;/q2*-1;. The average Bonchev–Trinajstić information content (AvgIpc) is 2.37. The van der Waals surface area contributed by atoms with Crippen LogP contribution in [0.1, 0.15) is 27.9 Å². The average molecular weight is 468 g/mol. The Hall–Kier alpha value is -1.12. The molecule has 1 aromatic heterocycles. The molecule has 0 unspecified atom stereocenters. The molecule has 0 aliphatic heterocycles. The number of benzene rings is 1. The van der Waals surface area contributed by atoms with Crippen molar-refractivity contribution in [3.8, 4) is 11.3 Å². The SMILES string of the molecule is Cc1[c-]c(-c2cc(C)c(C)c(C)n2)c(F)c(C)c1F.[CH3-].[Ir]. The number of pyridine rings is 1. The van der Waals surface area contributed by atoms with E-state index >= 15 is 0 Å². The van der Waals surface area contributed by atoms with E-state index in [0.717, 1.165) is 16.8 Å². The second-order valence-corrected chi connectivity index (χ2v) is 4.91. The molecule has 1 nitrogen and oxygen atoms in total. The minimum Gasteiger partial charge on any atom is -0.358 e. The second kappa shape index (κ2) is 7.24. The molecule has 0 amide bonds. The van der Waals surface area contributed by atoms with Gasteiger partial charge in [0.25, 0.3) is 0 Å². The molecule has 117 valence electrons. The molecule has 0 saturated heterocycles. The van der Waals surface area contributed by atoms with Crippen molar-refractivity contribution in [3.05, 3.63) is 59.1 Å². The Balaban J connectivity index is 0.00000200. The molecule has 0 aliphatic carbocycles. The van der Waals surface area contributed by atoms with E-state index in [1.54, 1.807) is 6.92 Å². The largest absolute Gasteiger partial charge is 0.358 e. The number of nitrogens with zero attached hydrogens (tertiary/aromatic N) is 1. The van der Waals surface area contributed by atoms with Crippen molar-refractivity contribution in [1.29, 1.82) is 0 Å². The Labute approximate surface area is 139 Å². The molecule has 1 radical (unpaired) electrons. The van der Waals surface area contributed by atoms with Crippen LogP contribution in [0.3, 0.4) is 0 Å². The number of aromatic nitrogens is 1. The van der Waals surface area contributed by atoms with Gasteiger partial charge < -0.3 is 12.4 Å². The van der Waals surface area contributed by atoms with E-state index in [2.05, 4.69) is 11.1 Å². The Morgan fingerprint density at radius 3 is 2.05 bits per heavy atom. The van der Waals surface area contributed by atoms with Gasteiger partial charge in [-0.15, -0.1) is 6.07 Å². The number of hydrogen-bond acceptors (Lipinski definition) is 1. The van der Waals surface area contributed by atoms with E-state index in [1.807, 2.05) is 26.8 Å². The summed E-state index contributed by atoms with van der Waals surface area (Å²) in [4.78, 5) is 4.38. The summed E-state index contributed by atoms with van der Waals surface area (Å²) in [5.41, 5.74) is 4.04. The summed E-state index contributed by atoms with van der Waals surface area (Å²) in [7, 11) is 0. The van der Waals surface area contributed by atoms with Gasteiger partial charge in [-0.25, -0.2) is 0 Å². The van der Waals surface area contributed by atoms with Crippen molar-refractivity contribution in [2.24, 2.45) is 0 Å². The first kappa shape index (κ1) is 19.9. The molecule has 2 rings (SSSR count). The van der Waals surface area contributed by atoms with Crippen LogP contribution in [-0.2, 0) is 20.1 Å². The minimum absolute atomic E-state index is 0. The van der Waals surface area contributed by atoms with Gasteiger partial charge in [-0.1, -0.05) is 42.2 Å². The number of rotatable bonds is 1. The summed E-state index contributed by atoms with van der Waals surface area (Å²) in [5.74, 6) is -1.12. The van der Waals surface area contributed by atoms with Crippen LogP contribution < -0.4 is 0 Å². The van der Waals surface area contributed by atoms with Crippen molar-refractivity contribution >= 4 is 0 Å². The van der Waals surface area contributed by atoms with Crippen molar-refractivity contribution < 1.29 is 28.9 Å². The van der Waals surface area contributed by atoms with Crippen LogP contribution in [0.5, 0.6) is 0 Å². The van der Waals surface area contributed by atoms with Gasteiger partial charge in [-0.3, -0.25) is 8.78 Å². The van der Waals surface area contributed by atoms with Crippen molar-refractivity contribution in [2.75, 3.05) is 0 Å². The van der Waals surface area contributed by atoms with Gasteiger partial charge in [-0.2, -0.15) is 0 Å². The van der Waals surface area contributed by atoms with E-state index in [4.69, 9.17) is 0 Å². The minimum atomic E-state index is -0.585. The summed E-state index contributed by atoms with van der Waals surface area (Å²) >= 11 is 0. The number of aryl methyl sites for hydroxylation is 3. The quantitative estimate of drug-likeness (QED) is 0.549. The monoisotopic (exact) mass is 468 g/mol. The molecule has 0 spiro atoms. The Bertz CT molecular complexity index is 643. The van der Waals surface area contributed by atoms with Gasteiger partial charge in [-0.05, 0) is 32.0 Å². The Morgan fingerprint density at radius 1 is 0.952 bits per heavy atom. The molecule has 0 fully saturated rings. The molecule has 0 bridgehead atoms. The number of hydrogen-bond donors (Lipinski definition) is 0. The molecule has 21 heavy (non-hydrogen) atoms. The van der Waals surface area contributed by atoms with Crippen LogP contribution >= 0.6 is 0 Å². The zero-order valence-electron chi connectivity index (χ0n) is 13.1. The van der Waals surface area contributed by atoms with Gasteiger partial charge in [0.1, 0.15) is 0 Å². The van der Waals surface area contributed by atoms with Crippen molar-refractivity contribution in [3.63, 3.8) is 0 Å². The first-order valence-electron chi connectivity index (χ1n) is 6.15. The van der Waals surface area contributed by atoms with Crippen LogP contribution in [0.15, 0.2) is 6.07 Å². The van der Waals surface area contributed by atoms with Gasteiger partial charge in [0.2, 0.25) is 0 Å². The third-order valence-electron chi connectivity index (χ3n) is 3.55. The summed E-state index contributed by atoms with van der Waals surface area (Å²) in [6.45, 7) is 8.83. The van der Waals surface area contributed by atoms with Crippen molar-refractivity contribution in [1.82, 2.24) is 4.98 Å². The first-order valence-corrected chi connectivity index (χ1v) is 6.15. The van der Waals surface area contributed by atoms with Gasteiger partial charge in [0, 0.05) is 37.4 Å². The molecule has 1 aromatic carbocycles. The van der Waals surface area contributed by atoms with Crippen LogP contribution in [-0.4, -0.2) is 4.98 Å². The fraction of sp³-hybridized carbons (Fsp3) is 0.294. The van der Waals surface area contributed by atoms with Crippen LogP contribution in [0.2, 0.25) is 0 Å². The predicted molar refractivity (Wildman–Crippen MR) is 78.5 cm³/mol. The molecule has 0 aliphatic rings. The number of halogens is 2. The third-order valence-corrected chi connectivity index (χ3v) is 3.55. The van der Waals surface area contributed by atoms with E-state index in [0.29, 0.717) is 11.3 Å². The molecule has 1 heterocycles. The molecule has 4 heteroatoms. The van der Waals surface area contributed by atoms with Crippen molar-refractivity contribution in [2.45, 2.75) is 34.6 Å².